The molecular weight excluding hydrogens is 455 g/mol. The van der Waals surface area contributed by atoms with Gasteiger partial charge < -0.3 is 9.84 Å². The van der Waals surface area contributed by atoms with Crippen LogP contribution in [0, 0.1) is 24.7 Å². The highest BCUT2D eigenvalue weighted by Crippen LogP contribution is 2.46. The van der Waals surface area contributed by atoms with Crippen LogP contribution in [0.15, 0.2) is 42.5 Å². The number of halogens is 3. The molecule has 35 heavy (non-hydrogen) atoms. The third-order valence-electron chi connectivity index (χ3n) is 7.92. The number of carboxylic acids is 1. The summed E-state index contributed by atoms with van der Waals surface area (Å²) in [5.41, 5.74) is 1.70. The molecule has 1 N–H and O–H groups in total. The number of aryl methyl sites for hydroxylation is 1. The number of ether oxygens (including phenoxy) is 1. The summed E-state index contributed by atoms with van der Waals surface area (Å²) in [7, 11) is 0. The van der Waals surface area contributed by atoms with Crippen LogP contribution >= 0.6 is 0 Å². The summed E-state index contributed by atoms with van der Waals surface area (Å²) >= 11 is 0. The molecule has 2 aromatic rings. The lowest BCUT2D eigenvalue weighted by Crippen LogP contribution is -2.25. The van der Waals surface area contributed by atoms with Gasteiger partial charge in [-0.25, -0.2) is 0 Å². The van der Waals surface area contributed by atoms with Gasteiger partial charge in [-0.15, -0.1) is 0 Å². The Morgan fingerprint density at radius 2 is 1.83 bits per heavy atom. The van der Waals surface area contributed by atoms with Gasteiger partial charge in [0.2, 0.25) is 0 Å². The van der Waals surface area contributed by atoms with Gasteiger partial charge in [-0.2, -0.15) is 13.2 Å². The Hall–Kier alpha value is -2.54. The molecule has 2 aromatic carbocycles. The van der Waals surface area contributed by atoms with E-state index in [0.717, 1.165) is 55.6 Å². The number of nitrogens with zero attached hydrogens (tertiary/aromatic N) is 1. The van der Waals surface area contributed by atoms with Gasteiger partial charge in [0.1, 0.15) is 5.75 Å². The van der Waals surface area contributed by atoms with Crippen molar-refractivity contribution in [3.8, 4) is 5.75 Å². The summed E-state index contributed by atoms with van der Waals surface area (Å²) in [5, 5.41) is 9.30. The van der Waals surface area contributed by atoms with Crippen molar-refractivity contribution in [2.75, 3.05) is 13.1 Å². The lowest BCUT2D eigenvalue weighted by atomic mass is 9.91. The molecule has 2 unspecified atom stereocenters. The summed E-state index contributed by atoms with van der Waals surface area (Å²) in [6.45, 7) is 3.73. The number of carbonyl (C=O) groups is 1. The van der Waals surface area contributed by atoms with Crippen LogP contribution in [0.5, 0.6) is 5.75 Å². The molecule has 1 saturated heterocycles. The Morgan fingerprint density at radius 1 is 1.11 bits per heavy atom. The van der Waals surface area contributed by atoms with Crippen molar-refractivity contribution in [1.29, 1.82) is 0 Å². The van der Waals surface area contributed by atoms with Crippen LogP contribution in [0.3, 0.4) is 0 Å². The SMILES string of the molecule is Cc1ccc(C(F)(F)F)c(CN2CC3CC(Oc4cccc([C@@H](CC(=O)O)C5CC5)c4)CC3C2)c1. The number of hydrogen-bond acceptors (Lipinski definition) is 3. The normalized spacial score (nSPS) is 25.4. The number of rotatable bonds is 8. The summed E-state index contributed by atoms with van der Waals surface area (Å²) in [6.07, 6.45) is -0.148. The third kappa shape index (κ3) is 5.66. The van der Waals surface area contributed by atoms with Crippen LogP contribution in [-0.4, -0.2) is 35.2 Å². The number of carboxylic acid groups (broad SMARTS) is 1. The Kier molecular flexibility index (Phi) is 6.55. The molecule has 3 aliphatic rings. The van der Waals surface area contributed by atoms with Gasteiger partial charge in [0.15, 0.2) is 0 Å². The average Bonchev–Trinajstić information content (AvgIpc) is 3.45. The fourth-order valence-electron chi connectivity index (χ4n) is 6.19. The van der Waals surface area contributed by atoms with Crippen molar-refractivity contribution in [1.82, 2.24) is 4.90 Å². The molecule has 0 aromatic heterocycles. The first-order valence-electron chi connectivity index (χ1n) is 12.5. The predicted octanol–water partition coefficient (Wildman–Crippen LogP) is 6.27. The Bertz CT molecular complexity index is 1070. The number of aliphatic carboxylic acids is 1. The van der Waals surface area contributed by atoms with E-state index >= 15 is 0 Å². The van der Waals surface area contributed by atoms with E-state index in [9.17, 15) is 23.1 Å². The van der Waals surface area contributed by atoms with Crippen LogP contribution in [0.25, 0.3) is 0 Å². The molecular formula is C28H32F3NO3. The number of fused-ring (bicyclic) bond motifs is 1. The minimum atomic E-state index is -4.34. The van der Waals surface area contributed by atoms with Crippen LogP contribution in [0.4, 0.5) is 13.2 Å². The summed E-state index contributed by atoms with van der Waals surface area (Å²) in [5.74, 6) is 1.35. The Balaban J connectivity index is 1.19. The molecule has 1 heterocycles. The molecule has 4 nitrogen and oxygen atoms in total. The Labute approximate surface area is 204 Å². The maximum atomic E-state index is 13.5. The topological polar surface area (TPSA) is 49.8 Å². The zero-order valence-electron chi connectivity index (χ0n) is 19.9. The van der Waals surface area contributed by atoms with Gasteiger partial charge in [-0.3, -0.25) is 9.69 Å². The predicted molar refractivity (Wildman–Crippen MR) is 126 cm³/mol. The summed E-state index contributed by atoms with van der Waals surface area (Å²) < 4.78 is 46.7. The van der Waals surface area contributed by atoms with Gasteiger partial charge in [0, 0.05) is 19.6 Å². The average molecular weight is 488 g/mol. The fraction of sp³-hybridized carbons (Fsp3) is 0.536. The first kappa shape index (κ1) is 24.2. The summed E-state index contributed by atoms with van der Waals surface area (Å²) in [4.78, 5) is 13.5. The molecule has 3 atom stereocenters. The van der Waals surface area contributed by atoms with Crippen LogP contribution in [0.2, 0.25) is 0 Å². The molecule has 0 bridgehead atoms. The zero-order valence-corrected chi connectivity index (χ0v) is 19.9. The quantitative estimate of drug-likeness (QED) is 0.477. The number of hydrogen-bond donors (Lipinski definition) is 1. The first-order valence-corrected chi connectivity index (χ1v) is 12.5. The van der Waals surface area contributed by atoms with E-state index in [-0.39, 0.29) is 18.4 Å². The van der Waals surface area contributed by atoms with Crippen molar-refractivity contribution < 1.29 is 27.8 Å². The standard InChI is InChI=1S/C28H32F3NO3/c1-17-5-8-26(28(29,30)31)22(9-17)16-32-14-20-11-24(12-21(20)15-32)35-23-4-2-3-19(10-23)25(13-27(33)34)18-6-7-18/h2-5,8-10,18,20-21,24-25H,6-7,11-16H2,1H3,(H,33,34)/t20?,21?,24?,25-/m0/s1. The van der Waals surface area contributed by atoms with E-state index in [0.29, 0.717) is 29.9 Å². The molecule has 0 spiro atoms. The van der Waals surface area contributed by atoms with Crippen molar-refractivity contribution in [3.63, 3.8) is 0 Å². The minimum absolute atomic E-state index is 0.0378. The zero-order chi connectivity index (χ0) is 24.7. The molecule has 3 fully saturated rings. The van der Waals surface area contributed by atoms with Gasteiger partial charge in [0.05, 0.1) is 18.1 Å². The molecule has 0 radical (unpaired) electrons. The summed E-state index contributed by atoms with van der Waals surface area (Å²) in [6, 6.07) is 12.3. The van der Waals surface area contributed by atoms with Crippen LogP contribution < -0.4 is 4.74 Å². The lowest BCUT2D eigenvalue weighted by molar-refractivity contribution is -0.139. The van der Waals surface area contributed by atoms with E-state index in [1.54, 1.807) is 6.07 Å². The number of alkyl halides is 3. The second kappa shape index (κ2) is 9.49. The van der Waals surface area contributed by atoms with Gasteiger partial charge >= 0.3 is 12.1 Å². The number of benzene rings is 2. The van der Waals surface area contributed by atoms with E-state index < -0.39 is 17.7 Å². The molecule has 0 amide bonds. The largest absolute Gasteiger partial charge is 0.490 e. The first-order chi connectivity index (χ1) is 16.7. The van der Waals surface area contributed by atoms with Crippen LogP contribution in [-0.2, 0) is 17.5 Å². The van der Waals surface area contributed by atoms with Crippen molar-refractivity contribution in [2.45, 2.75) is 63.8 Å². The molecule has 5 rings (SSSR count). The van der Waals surface area contributed by atoms with Crippen molar-refractivity contribution >= 4 is 5.97 Å². The molecule has 7 heteroatoms. The second-order valence-corrected chi connectivity index (χ2v) is 10.7. The van der Waals surface area contributed by atoms with Crippen LogP contribution in [0.1, 0.15) is 60.3 Å². The molecule has 1 aliphatic heterocycles. The monoisotopic (exact) mass is 487 g/mol. The number of likely N-dealkylation sites (tertiary alicyclic amines) is 1. The Morgan fingerprint density at radius 3 is 2.46 bits per heavy atom. The maximum Gasteiger partial charge on any atom is 0.416 e. The third-order valence-corrected chi connectivity index (χ3v) is 7.92. The fourth-order valence-corrected chi connectivity index (χ4v) is 6.19. The highest BCUT2D eigenvalue weighted by Gasteiger charge is 2.43. The maximum absolute atomic E-state index is 13.5. The lowest BCUT2D eigenvalue weighted by Gasteiger charge is -2.22. The van der Waals surface area contributed by atoms with E-state index in [1.807, 2.05) is 31.2 Å². The van der Waals surface area contributed by atoms with Gasteiger partial charge in [0.25, 0.3) is 0 Å². The highest BCUT2D eigenvalue weighted by atomic mass is 19.4. The molecule has 2 aliphatic carbocycles. The van der Waals surface area contributed by atoms with Gasteiger partial charge in [-0.05, 0) is 85.6 Å². The van der Waals surface area contributed by atoms with Crippen molar-refractivity contribution in [3.05, 3.63) is 64.7 Å². The molecule has 2 saturated carbocycles. The van der Waals surface area contributed by atoms with Gasteiger partial charge in [-0.1, -0.05) is 29.8 Å². The molecule has 188 valence electrons. The van der Waals surface area contributed by atoms with E-state index in [2.05, 4.69) is 4.90 Å². The minimum Gasteiger partial charge on any atom is -0.490 e. The van der Waals surface area contributed by atoms with E-state index in [4.69, 9.17) is 4.74 Å². The van der Waals surface area contributed by atoms with Crippen molar-refractivity contribution in [2.24, 2.45) is 17.8 Å². The smallest absolute Gasteiger partial charge is 0.416 e. The van der Waals surface area contributed by atoms with E-state index in [1.165, 1.54) is 12.1 Å². The second-order valence-electron chi connectivity index (χ2n) is 10.7. The highest BCUT2D eigenvalue weighted by molar-refractivity contribution is 5.68.